The molecule has 0 fully saturated rings. The number of halogens is 3. The number of urea groups is 1. The molecule has 2 aromatic rings. The molecule has 2 heterocycles. The molecular formula is C21H21F3N4O3S. The maximum atomic E-state index is 14.6. The highest BCUT2D eigenvalue weighted by atomic mass is 32.2. The molecule has 2 aromatic carbocycles. The Morgan fingerprint density at radius 3 is 2.75 bits per heavy atom. The number of hydroxylamine groups is 2. The molecule has 1 spiro atoms. The van der Waals surface area contributed by atoms with Crippen LogP contribution in [0.25, 0.3) is 0 Å². The van der Waals surface area contributed by atoms with Crippen molar-refractivity contribution < 1.29 is 27.5 Å². The Labute approximate surface area is 186 Å². The molecular weight excluding hydrogens is 445 g/mol. The number of nitrogens with zero attached hydrogens (tertiary/aromatic N) is 3. The quantitative estimate of drug-likeness (QED) is 0.696. The third-order valence-corrected chi connectivity index (χ3v) is 7.01. The van der Waals surface area contributed by atoms with Crippen LogP contribution in [0, 0.1) is 23.4 Å². The minimum absolute atomic E-state index is 0.0685. The second kappa shape index (κ2) is 8.64. The van der Waals surface area contributed by atoms with Crippen molar-refractivity contribution in [3.63, 3.8) is 0 Å². The highest BCUT2D eigenvalue weighted by Gasteiger charge is 2.58. The summed E-state index contributed by atoms with van der Waals surface area (Å²) >= 11 is 1.04. The molecule has 0 saturated heterocycles. The number of hydrogen-bond acceptors (Lipinski definition) is 6. The van der Waals surface area contributed by atoms with Crippen LogP contribution in [0.5, 0.6) is 5.75 Å². The van der Waals surface area contributed by atoms with E-state index in [0.29, 0.717) is 17.7 Å². The smallest absolute Gasteiger partial charge is 0.365 e. The Balaban J connectivity index is 1.94. The highest BCUT2D eigenvalue weighted by Crippen LogP contribution is 2.57. The molecule has 4 rings (SSSR count). The first kappa shape index (κ1) is 22.4. The van der Waals surface area contributed by atoms with Crippen molar-refractivity contribution >= 4 is 22.8 Å². The summed E-state index contributed by atoms with van der Waals surface area (Å²) in [5, 5.41) is 6.53. The van der Waals surface area contributed by atoms with Crippen LogP contribution in [0.3, 0.4) is 0 Å². The fourth-order valence-corrected chi connectivity index (χ4v) is 5.39. The Morgan fingerprint density at radius 2 is 2.03 bits per heavy atom. The number of ether oxygens (including phenoxy) is 1. The number of thioether (sulfide) groups is 1. The van der Waals surface area contributed by atoms with E-state index in [1.54, 1.807) is 0 Å². The Morgan fingerprint density at radius 1 is 1.31 bits per heavy atom. The van der Waals surface area contributed by atoms with Gasteiger partial charge < -0.3 is 10.5 Å². The molecule has 32 heavy (non-hydrogen) atoms. The van der Waals surface area contributed by atoms with Crippen molar-refractivity contribution in [2.45, 2.75) is 11.3 Å². The summed E-state index contributed by atoms with van der Waals surface area (Å²) in [6.07, 6.45) is 0.401. The van der Waals surface area contributed by atoms with E-state index in [0.717, 1.165) is 40.0 Å². The van der Waals surface area contributed by atoms with Gasteiger partial charge in [-0.25, -0.2) is 23.0 Å². The number of rotatable bonds is 4. The number of carbonyl (C=O) groups is 1. The SMILES string of the molecule is CON(C)C(=O)N1N=C(c2cc(F)ccc2F)S[C@@]12c1cc(F)ccc1OC[C@H]2CCN. The van der Waals surface area contributed by atoms with Gasteiger partial charge in [-0.15, -0.1) is 0 Å². The van der Waals surface area contributed by atoms with Crippen LogP contribution < -0.4 is 10.5 Å². The predicted octanol–water partition coefficient (Wildman–Crippen LogP) is 3.64. The van der Waals surface area contributed by atoms with Crippen molar-refractivity contribution in [2.24, 2.45) is 16.8 Å². The zero-order chi connectivity index (χ0) is 23.0. The molecule has 2 N–H and O–H groups in total. The molecule has 2 atom stereocenters. The number of nitrogens with two attached hydrogens (primary N) is 1. The number of hydrogen-bond donors (Lipinski definition) is 1. The van der Waals surface area contributed by atoms with Gasteiger partial charge >= 0.3 is 6.03 Å². The van der Waals surface area contributed by atoms with Crippen LogP contribution in [0.1, 0.15) is 17.5 Å². The summed E-state index contributed by atoms with van der Waals surface area (Å²) in [7, 11) is 2.69. The lowest BCUT2D eigenvalue weighted by Gasteiger charge is -2.45. The Hall–Kier alpha value is -2.76. The molecule has 170 valence electrons. The van der Waals surface area contributed by atoms with E-state index < -0.39 is 34.3 Å². The molecule has 0 aliphatic carbocycles. The van der Waals surface area contributed by atoms with Gasteiger partial charge in [-0.1, -0.05) is 11.8 Å². The fourth-order valence-electron chi connectivity index (χ4n) is 3.88. The minimum Gasteiger partial charge on any atom is -0.493 e. The van der Waals surface area contributed by atoms with Crippen LogP contribution in [0.4, 0.5) is 18.0 Å². The maximum absolute atomic E-state index is 14.6. The van der Waals surface area contributed by atoms with Gasteiger partial charge in [-0.05, 0) is 49.4 Å². The van der Waals surface area contributed by atoms with E-state index in [-0.39, 0.29) is 23.8 Å². The van der Waals surface area contributed by atoms with Crippen molar-refractivity contribution in [2.75, 3.05) is 27.3 Å². The van der Waals surface area contributed by atoms with Crippen molar-refractivity contribution in [1.82, 2.24) is 10.1 Å². The van der Waals surface area contributed by atoms with Gasteiger partial charge in [0.1, 0.15) is 28.2 Å². The molecule has 2 amide bonds. The lowest BCUT2D eigenvalue weighted by molar-refractivity contribution is -0.0845. The van der Waals surface area contributed by atoms with E-state index in [4.69, 9.17) is 15.3 Å². The summed E-state index contributed by atoms with van der Waals surface area (Å²) in [4.78, 5) is 17.0. The van der Waals surface area contributed by atoms with Crippen molar-refractivity contribution in [1.29, 1.82) is 0 Å². The van der Waals surface area contributed by atoms with Gasteiger partial charge in [-0.2, -0.15) is 10.1 Å². The summed E-state index contributed by atoms with van der Waals surface area (Å²) in [5.74, 6) is -1.97. The summed E-state index contributed by atoms with van der Waals surface area (Å²) in [6.45, 7) is 0.421. The summed E-state index contributed by atoms with van der Waals surface area (Å²) in [6, 6.07) is 6.29. The first-order valence-electron chi connectivity index (χ1n) is 9.79. The largest absolute Gasteiger partial charge is 0.493 e. The monoisotopic (exact) mass is 466 g/mol. The zero-order valence-electron chi connectivity index (χ0n) is 17.3. The van der Waals surface area contributed by atoms with Gasteiger partial charge in [0.25, 0.3) is 0 Å². The molecule has 0 unspecified atom stereocenters. The lowest BCUT2D eigenvalue weighted by Crippen LogP contribution is -2.54. The van der Waals surface area contributed by atoms with E-state index in [1.165, 1.54) is 32.4 Å². The highest BCUT2D eigenvalue weighted by molar-refractivity contribution is 8.15. The molecule has 0 saturated carbocycles. The molecule has 11 heteroatoms. The van der Waals surface area contributed by atoms with Gasteiger partial charge in [0.05, 0.1) is 13.7 Å². The first-order valence-corrected chi connectivity index (χ1v) is 10.6. The van der Waals surface area contributed by atoms with Crippen LogP contribution in [-0.2, 0) is 9.71 Å². The van der Waals surface area contributed by atoms with E-state index in [9.17, 15) is 18.0 Å². The average Bonchev–Trinajstić information content (AvgIpc) is 3.17. The topological polar surface area (TPSA) is 80.4 Å². The average molecular weight is 466 g/mol. The van der Waals surface area contributed by atoms with E-state index >= 15 is 0 Å². The third-order valence-electron chi connectivity index (χ3n) is 5.48. The summed E-state index contributed by atoms with van der Waals surface area (Å²) < 4.78 is 48.8. The van der Waals surface area contributed by atoms with E-state index in [2.05, 4.69) is 5.10 Å². The number of benzene rings is 2. The second-order valence-electron chi connectivity index (χ2n) is 7.33. The zero-order valence-corrected chi connectivity index (χ0v) is 18.2. The van der Waals surface area contributed by atoms with Crippen LogP contribution in [0.2, 0.25) is 0 Å². The second-order valence-corrected chi connectivity index (χ2v) is 8.54. The van der Waals surface area contributed by atoms with Gasteiger partial charge in [0.2, 0.25) is 0 Å². The molecule has 2 aliphatic rings. The standard InChI is InChI=1S/C21H21F3N4O3S/c1-27(30-2)20(29)28-21(32-19(26-28)15-9-13(22)3-5-17(15)24)12(7-8-25)11-31-18-6-4-14(23)10-16(18)21/h3-6,9-10,12H,7-8,11,25H2,1-2H3/t12-,21+/m1/s1. The van der Waals surface area contributed by atoms with Crippen LogP contribution >= 0.6 is 11.8 Å². The Kier molecular flexibility index (Phi) is 6.06. The van der Waals surface area contributed by atoms with E-state index in [1.807, 2.05) is 0 Å². The molecule has 7 nitrogen and oxygen atoms in total. The lowest BCUT2D eigenvalue weighted by atomic mass is 9.86. The number of hydrazone groups is 1. The minimum atomic E-state index is -1.31. The first-order chi connectivity index (χ1) is 15.3. The molecule has 0 bridgehead atoms. The third kappa shape index (κ3) is 3.59. The van der Waals surface area contributed by atoms with Gasteiger partial charge in [0, 0.05) is 24.1 Å². The van der Waals surface area contributed by atoms with Crippen LogP contribution in [-0.4, -0.2) is 48.5 Å². The number of carbonyl (C=O) groups excluding carboxylic acids is 1. The molecule has 0 radical (unpaired) electrons. The summed E-state index contributed by atoms with van der Waals surface area (Å²) in [5.41, 5.74) is 6.07. The predicted molar refractivity (Wildman–Crippen MR) is 113 cm³/mol. The fraction of sp³-hybridized carbons (Fsp3) is 0.333. The van der Waals surface area contributed by atoms with Crippen LogP contribution in [0.15, 0.2) is 41.5 Å². The van der Waals surface area contributed by atoms with Gasteiger partial charge in [-0.3, -0.25) is 4.84 Å². The van der Waals surface area contributed by atoms with Gasteiger partial charge in [0.15, 0.2) is 4.87 Å². The normalized spacial score (nSPS) is 21.9. The molecule has 0 aromatic heterocycles. The van der Waals surface area contributed by atoms with Crippen molar-refractivity contribution in [3.05, 3.63) is 65.0 Å². The molecule has 2 aliphatic heterocycles. The maximum Gasteiger partial charge on any atom is 0.365 e. The Bertz CT molecular complexity index is 1090. The number of fused-ring (bicyclic) bond motifs is 2. The number of amides is 2. The van der Waals surface area contributed by atoms with Crippen molar-refractivity contribution in [3.8, 4) is 5.75 Å².